The molecule has 2 aliphatic rings. The second kappa shape index (κ2) is 6.85. The molecule has 0 bridgehead atoms. The maximum absolute atomic E-state index is 12.1. The van der Waals surface area contributed by atoms with Crippen molar-refractivity contribution in [1.82, 2.24) is 9.80 Å². The number of rotatable bonds is 4. The van der Waals surface area contributed by atoms with Gasteiger partial charge in [0.05, 0.1) is 0 Å². The summed E-state index contributed by atoms with van der Waals surface area (Å²) in [4.78, 5) is 17.1. The van der Waals surface area contributed by atoms with Crippen molar-refractivity contribution in [3.8, 4) is 0 Å². The molecule has 0 N–H and O–H groups in total. The van der Waals surface area contributed by atoms with E-state index in [1.807, 2.05) is 0 Å². The Hall–Kier alpha value is -0.410. The van der Waals surface area contributed by atoms with E-state index in [-0.39, 0.29) is 0 Å². The maximum atomic E-state index is 12.1. The standard InChI is InChI=1S/C16H30N2O/c1-4-17-7-9-18(10-8-17)12-15-11-14(13(2)3)5-6-16(15)19/h13-15H,4-12H2,1-3H3. The number of hydrogen-bond donors (Lipinski definition) is 0. The summed E-state index contributed by atoms with van der Waals surface area (Å²) >= 11 is 0. The highest BCUT2D eigenvalue weighted by Crippen LogP contribution is 2.32. The maximum Gasteiger partial charge on any atom is 0.137 e. The molecular formula is C16H30N2O. The van der Waals surface area contributed by atoms with E-state index in [1.165, 1.54) is 13.1 Å². The molecule has 19 heavy (non-hydrogen) atoms. The first-order valence-electron chi connectivity index (χ1n) is 8.07. The van der Waals surface area contributed by atoms with Gasteiger partial charge in [0, 0.05) is 45.1 Å². The minimum atomic E-state index is 0.314. The monoisotopic (exact) mass is 266 g/mol. The molecule has 1 aliphatic heterocycles. The van der Waals surface area contributed by atoms with Crippen LogP contribution < -0.4 is 0 Å². The van der Waals surface area contributed by atoms with E-state index < -0.39 is 0 Å². The van der Waals surface area contributed by atoms with Crippen LogP contribution in [0.25, 0.3) is 0 Å². The van der Waals surface area contributed by atoms with Gasteiger partial charge in [-0.3, -0.25) is 4.79 Å². The van der Waals surface area contributed by atoms with Crippen LogP contribution in [0.3, 0.4) is 0 Å². The Morgan fingerprint density at radius 2 is 1.79 bits per heavy atom. The topological polar surface area (TPSA) is 23.6 Å². The van der Waals surface area contributed by atoms with E-state index in [9.17, 15) is 4.79 Å². The first kappa shape index (κ1) is 15.0. The summed E-state index contributed by atoms with van der Waals surface area (Å²) in [6.07, 6.45) is 3.07. The summed E-state index contributed by atoms with van der Waals surface area (Å²) in [5.41, 5.74) is 0. The summed E-state index contributed by atoms with van der Waals surface area (Å²) in [5, 5.41) is 0. The number of nitrogens with zero attached hydrogens (tertiary/aromatic N) is 2. The van der Waals surface area contributed by atoms with Crippen molar-refractivity contribution in [3.05, 3.63) is 0 Å². The number of carbonyl (C=O) groups is 1. The summed E-state index contributed by atoms with van der Waals surface area (Å²) in [6.45, 7) is 13.6. The lowest BCUT2D eigenvalue weighted by molar-refractivity contribution is -0.126. The van der Waals surface area contributed by atoms with E-state index >= 15 is 0 Å². The molecular weight excluding hydrogens is 236 g/mol. The van der Waals surface area contributed by atoms with Gasteiger partial charge in [0.25, 0.3) is 0 Å². The molecule has 0 aromatic rings. The van der Waals surface area contributed by atoms with Crippen molar-refractivity contribution in [1.29, 1.82) is 0 Å². The van der Waals surface area contributed by atoms with E-state index in [4.69, 9.17) is 0 Å². The van der Waals surface area contributed by atoms with E-state index in [0.29, 0.717) is 11.7 Å². The first-order valence-corrected chi connectivity index (χ1v) is 8.07. The Bertz CT molecular complexity index is 295. The number of carbonyl (C=O) groups excluding carboxylic acids is 1. The minimum Gasteiger partial charge on any atom is -0.301 e. The third-order valence-corrected chi connectivity index (χ3v) is 5.14. The lowest BCUT2D eigenvalue weighted by Crippen LogP contribution is -2.48. The molecule has 3 nitrogen and oxygen atoms in total. The third kappa shape index (κ3) is 4.03. The second-order valence-electron chi connectivity index (χ2n) is 6.68. The third-order valence-electron chi connectivity index (χ3n) is 5.14. The normalized spacial score (nSPS) is 31.1. The zero-order valence-electron chi connectivity index (χ0n) is 12.9. The molecule has 0 aromatic carbocycles. The number of likely N-dealkylation sites (N-methyl/N-ethyl adjacent to an activating group) is 1. The van der Waals surface area contributed by atoms with Gasteiger partial charge >= 0.3 is 0 Å². The molecule has 0 aromatic heterocycles. The van der Waals surface area contributed by atoms with Crippen LogP contribution in [0.4, 0.5) is 0 Å². The smallest absolute Gasteiger partial charge is 0.137 e. The van der Waals surface area contributed by atoms with E-state index in [1.54, 1.807) is 0 Å². The highest BCUT2D eigenvalue weighted by molar-refractivity contribution is 5.82. The van der Waals surface area contributed by atoms with Crippen LogP contribution in [0.1, 0.15) is 40.0 Å². The van der Waals surface area contributed by atoms with Crippen molar-refractivity contribution < 1.29 is 4.79 Å². The van der Waals surface area contributed by atoms with Crippen LogP contribution in [0.5, 0.6) is 0 Å². The van der Waals surface area contributed by atoms with Gasteiger partial charge in [-0.2, -0.15) is 0 Å². The highest BCUT2D eigenvalue weighted by Gasteiger charge is 2.31. The predicted octanol–water partition coefficient (Wildman–Crippen LogP) is 2.27. The van der Waals surface area contributed by atoms with Crippen molar-refractivity contribution in [2.45, 2.75) is 40.0 Å². The zero-order valence-corrected chi connectivity index (χ0v) is 12.9. The number of piperazine rings is 1. The second-order valence-corrected chi connectivity index (χ2v) is 6.68. The summed E-state index contributed by atoms with van der Waals surface area (Å²) in [5.74, 6) is 2.33. The molecule has 110 valence electrons. The Morgan fingerprint density at radius 1 is 1.16 bits per heavy atom. The highest BCUT2D eigenvalue weighted by atomic mass is 16.1. The lowest BCUT2D eigenvalue weighted by Gasteiger charge is -2.38. The van der Waals surface area contributed by atoms with Gasteiger partial charge in [0.1, 0.15) is 5.78 Å². The molecule has 2 fully saturated rings. The van der Waals surface area contributed by atoms with Gasteiger partial charge in [-0.25, -0.2) is 0 Å². The summed E-state index contributed by atoms with van der Waals surface area (Å²) in [6, 6.07) is 0. The van der Waals surface area contributed by atoms with Crippen LogP contribution in [0.2, 0.25) is 0 Å². The average Bonchev–Trinajstić information content (AvgIpc) is 2.42. The van der Waals surface area contributed by atoms with Gasteiger partial charge in [0.15, 0.2) is 0 Å². The van der Waals surface area contributed by atoms with Crippen LogP contribution in [-0.2, 0) is 4.79 Å². The predicted molar refractivity (Wildman–Crippen MR) is 79.2 cm³/mol. The Morgan fingerprint density at radius 3 is 2.37 bits per heavy atom. The van der Waals surface area contributed by atoms with Crippen molar-refractivity contribution >= 4 is 5.78 Å². The van der Waals surface area contributed by atoms with E-state index in [0.717, 1.165) is 57.3 Å². The van der Waals surface area contributed by atoms with Crippen LogP contribution in [0.15, 0.2) is 0 Å². The molecule has 2 atom stereocenters. The fourth-order valence-corrected chi connectivity index (χ4v) is 3.53. The van der Waals surface area contributed by atoms with Crippen LogP contribution in [0, 0.1) is 17.8 Å². The summed E-state index contributed by atoms with van der Waals surface area (Å²) in [7, 11) is 0. The Labute approximate surface area is 118 Å². The Kier molecular flexibility index (Phi) is 5.40. The average molecular weight is 266 g/mol. The van der Waals surface area contributed by atoms with Gasteiger partial charge < -0.3 is 9.80 Å². The number of Topliss-reactive ketones (excluding diaryl/α,β-unsaturated/α-hetero) is 1. The Balaban J connectivity index is 1.82. The molecule has 1 heterocycles. The van der Waals surface area contributed by atoms with Gasteiger partial charge in [0.2, 0.25) is 0 Å². The van der Waals surface area contributed by atoms with Crippen LogP contribution in [-0.4, -0.2) is 54.9 Å². The molecule has 0 spiro atoms. The molecule has 2 rings (SSSR count). The molecule has 3 heteroatoms. The fourth-order valence-electron chi connectivity index (χ4n) is 3.53. The van der Waals surface area contributed by atoms with Crippen LogP contribution >= 0.6 is 0 Å². The quantitative estimate of drug-likeness (QED) is 0.780. The van der Waals surface area contributed by atoms with E-state index in [2.05, 4.69) is 30.6 Å². The number of ketones is 1. The zero-order chi connectivity index (χ0) is 13.8. The van der Waals surface area contributed by atoms with Crippen molar-refractivity contribution in [2.75, 3.05) is 39.3 Å². The van der Waals surface area contributed by atoms with Gasteiger partial charge in [-0.05, 0) is 31.2 Å². The summed E-state index contributed by atoms with van der Waals surface area (Å²) < 4.78 is 0. The molecule has 1 aliphatic carbocycles. The van der Waals surface area contributed by atoms with Crippen molar-refractivity contribution in [2.24, 2.45) is 17.8 Å². The molecule has 0 radical (unpaired) electrons. The molecule has 2 unspecified atom stereocenters. The molecule has 0 amide bonds. The number of hydrogen-bond acceptors (Lipinski definition) is 3. The largest absolute Gasteiger partial charge is 0.301 e. The molecule has 1 saturated carbocycles. The SMILES string of the molecule is CCN1CCN(CC2CC(C(C)C)CCC2=O)CC1. The van der Waals surface area contributed by atoms with Gasteiger partial charge in [-0.15, -0.1) is 0 Å². The minimum absolute atomic E-state index is 0.314. The van der Waals surface area contributed by atoms with Gasteiger partial charge in [-0.1, -0.05) is 20.8 Å². The molecule has 1 saturated heterocycles. The first-order chi connectivity index (χ1) is 9.10. The van der Waals surface area contributed by atoms with Crippen molar-refractivity contribution in [3.63, 3.8) is 0 Å². The fraction of sp³-hybridized carbons (Fsp3) is 0.938. The lowest BCUT2D eigenvalue weighted by atomic mass is 9.75.